The van der Waals surface area contributed by atoms with Crippen LogP contribution in [-0.2, 0) is 0 Å². The molecule has 7 nitrogen and oxygen atoms in total. The lowest BCUT2D eigenvalue weighted by Gasteiger charge is -2.37. The molecule has 1 saturated heterocycles. The maximum atomic E-state index is 6.06. The summed E-state index contributed by atoms with van der Waals surface area (Å²) in [6.07, 6.45) is 3.97. The van der Waals surface area contributed by atoms with Crippen LogP contribution >= 0.6 is 11.6 Å². The van der Waals surface area contributed by atoms with Gasteiger partial charge in [0.05, 0.1) is 0 Å². The van der Waals surface area contributed by atoms with Crippen LogP contribution in [0.5, 0.6) is 0 Å². The van der Waals surface area contributed by atoms with Crippen molar-refractivity contribution in [3.63, 3.8) is 0 Å². The van der Waals surface area contributed by atoms with Gasteiger partial charge in [0, 0.05) is 51.5 Å². The van der Waals surface area contributed by atoms with Crippen molar-refractivity contribution in [3.8, 4) is 0 Å². The molecule has 0 radical (unpaired) electrons. The average molecular weight is 387 g/mol. The normalized spacial score (nSPS) is 17.3. The highest BCUT2D eigenvalue weighted by atomic mass is 35.5. The highest BCUT2D eigenvalue weighted by molar-refractivity contribution is 6.31. The summed E-state index contributed by atoms with van der Waals surface area (Å²) in [5.74, 6) is 1.63. The number of fused-ring (bicyclic) bond motifs is 1. The van der Waals surface area contributed by atoms with Crippen molar-refractivity contribution in [3.05, 3.63) is 35.5 Å². The summed E-state index contributed by atoms with van der Waals surface area (Å²) in [5, 5.41) is 0.666. The summed E-state index contributed by atoms with van der Waals surface area (Å²) < 4.78 is 5.95. The van der Waals surface area contributed by atoms with Crippen molar-refractivity contribution < 1.29 is 4.42 Å². The van der Waals surface area contributed by atoms with Gasteiger partial charge in [-0.05, 0) is 37.1 Å². The Morgan fingerprint density at radius 1 is 1.19 bits per heavy atom. The lowest BCUT2D eigenvalue weighted by molar-refractivity contribution is 0.454. The van der Waals surface area contributed by atoms with Gasteiger partial charge in [-0.25, -0.2) is 4.98 Å². The molecule has 8 heteroatoms. The Bertz CT molecular complexity index is 943. The standard InChI is InChI=1S/C19H23ClN6O/c1-24(2)18-21-9-8-17(23-18)25(3)14-5-4-10-26(12-14)19-22-15-11-13(20)6-7-16(15)27-19/h6-9,11,14H,4-5,10,12H2,1-3H3. The summed E-state index contributed by atoms with van der Waals surface area (Å²) in [6, 6.07) is 8.45. The summed E-state index contributed by atoms with van der Waals surface area (Å²) in [5.41, 5.74) is 1.55. The molecule has 0 N–H and O–H groups in total. The smallest absolute Gasteiger partial charge is 0.298 e. The van der Waals surface area contributed by atoms with Gasteiger partial charge < -0.3 is 19.1 Å². The number of benzene rings is 1. The second kappa shape index (κ2) is 7.23. The molecular weight excluding hydrogens is 364 g/mol. The second-order valence-corrected chi connectivity index (χ2v) is 7.51. The molecule has 0 spiro atoms. The first-order valence-corrected chi connectivity index (χ1v) is 9.43. The third kappa shape index (κ3) is 3.64. The van der Waals surface area contributed by atoms with Crippen LogP contribution in [-0.4, -0.2) is 55.2 Å². The quantitative estimate of drug-likeness (QED) is 0.680. The largest absolute Gasteiger partial charge is 0.423 e. The molecular formula is C19H23ClN6O. The molecule has 0 amide bonds. The number of rotatable bonds is 4. The van der Waals surface area contributed by atoms with Gasteiger partial charge in [-0.1, -0.05) is 11.6 Å². The van der Waals surface area contributed by atoms with Gasteiger partial charge in [0.15, 0.2) is 5.58 Å². The minimum absolute atomic E-state index is 0.322. The molecule has 0 aliphatic carbocycles. The maximum absolute atomic E-state index is 6.06. The zero-order chi connectivity index (χ0) is 19.0. The minimum Gasteiger partial charge on any atom is -0.423 e. The SMILES string of the molecule is CN(C)c1nccc(N(C)C2CCCN(c3nc4cc(Cl)ccc4o3)C2)n1. The van der Waals surface area contributed by atoms with Gasteiger partial charge in [-0.2, -0.15) is 9.97 Å². The molecule has 27 heavy (non-hydrogen) atoms. The van der Waals surface area contributed by atoms with Crippen LogP contribution in [0.2, 0.25) is 5.02 Å². The number of nitrogens with zero attached hydrogens (tertiary/aromatic N) is 6. The van der Waals surface area contributed by atoms with E-state index in [2.05, 4.69) is 31.8 Å². The van der Waals surface area contributed by atoms with E-state index in [0.717, 1.165) is 42.8 Å². The number of piperidine rings is 1. The molecule has 1 aromatic carbocycles. The van der Waals surface area contributed by atoms with Gasteiger partial charge in [0.25, 0.3) is 6.01 Å². The number of hydrogen-bond donors (Lipinski definition) is 0. The lowest BCUT2D eigenvalue weighted by atomic mass is 10.0. The van der Waals surface area contributed by atoms with Crippen LogP contribution in [0.15, 0.2) is 34.9 Å². The number of aromatic nitrogens is 3. The molecule has 142 valence electrons. The Kier molecular flexibility index (Phi) is 4.78. The third-order valence-corrected chi connectivity index (χ3v) is 5.18. The number of oxazole rings is 1. The minimum atomic E-state index is 0.322. The first-order valence-electron chi connectivity index (χ1n) is 9.05. The molecule has 1 aliphatic rings. The third-order valence-electron chi connectivity index (χ3n) is 4.94. The van der Waals surface area contributed by atoms with Crippen molar-refractivity contribution in [1.29, 1.82) is 0 Å². The summed E-state index contributed by atoms with van der Waals surface area (Å²) in [7, 11) is 5.98. The maximum Gasteiger partial charge on any atom is 0.298 e. The number of anilines is 3. The molecule has 0 bridgehead atoms. The fourth-order valence-corrected chi connectivity index (χ4v) is 3.57. The predicted molar refractivity (Wildman–Crippen MR) is 109 cm³/mol. The molecule has 3 heterocycles. The molecule has 1 fully saturated rings. The molecule has 4 rings (SSSR count). The number of hydrogen-bond acceptors (Lipinski definition) is 7. The van der Waals surface area contributed by atoms with Crippen LogP contribution in [0, 0.1) is 0 Å². The Labute approximate surface area is 163 Å². The Morgan fingerprint density at radius 3 is 2.85 bits per heavy atom. The predicted octanol–water partition coefficient (Wildman–Crippen LogP) is 3.44. The van der Waals surface area contributed by atoms with E-state index in [9.17, 15) is 0 Å². The zero-order valence-corrected chi connectivity index (χ0v) is 16.5. The molecule has 0 saturated carbocycles. The van der Waals surface area contributed by atoms with E-state index >= 15 is 0 Å². The molecule has 1 unspecified atom stereocenters. The topological polar surface area (TPSA) is 61.5 Å². The van der Waals surface area contributed by atoms with E-state index in [1.54, 1.807) is 6.20 Å². The summed E-state index contributed by atoms with van der Waals surface area (Å²) in [6.45, 7) is 1.76. The van der Waals surface area contributed by atoms with Crippen molar-refractivity contribution in [2.45, 2.75) is 18.9 Å². The van der Waals surface area contributed by atoms with Crippen LogP contribution < -0.4 is 14.7 Å². The van der Waals surface area contributed by atoms with Crippen LogP contribution in [0.3, 0.4) is 0 Å². The van der Waals surface area contributed by atoms with Crippen molar-refractivity contribution in [1.82, 2.24) is 15.0 Å². The second-order valence-electron chi connectivity index (χ2n) is 7.07. The van der Waals surface area contributed by atoms with E-state index in [4.69, 9.17) is 16.0 Å². The van der Waals surface area contributed by atoms with Crippen LogP contribution in [0.4, 0.5) is 17.8 Å². The van der Waals surface area contributed by atoms with E-state index < -0.39 is 0 Å². The lowest BCUT2D eigenvalue weighted by Crippen LogP contribution is -2.47. The van der Waals surface area contributed by atoms with Gasteiger partial charge in [-0.15, -0.1) is 0 Å². The molecule has 1 aliphatic heterocycles. The van der Waals surface area contributed by atoms with E-state index in [1.165, 1.54) is 0 Å². The van der Waals surface area contributed by atoms with E-state index in [-0.39, 0.29) is 0 Å². The van der Waals surface area contributed by atoms with Crippen LogP contribution in [0.1, 0.15) is 12.8 Å². The van der Waals surface area contributed by atoms with Crippen molar-refractivity contribution in [2.75, 3.05) is 48.9 Å². The monoisotopic (exact) mass is 386 g/mol. The first-order chi connectivity index (χ1) is 13.0. The fraction of sp³-hybridized carbons (Fsp3) is 0.421. The first kappa shape index (κ1) is 17.9. The highest BCUT2D eigenvalue weighted by Crippen LogP contribution is 2.28. The molecule has 2 aromatic heterocycles. The van der Waals surface area contributed by atoms with E-state index in [0.29, 0.717) is 23.0 Å². The number of halogens is 1. The Hall–Kier alpha value is -2.54. The van der Waals surface area contributed by atoms with Gasteiger partial charge in [0.2, 0.25) is 5.95 Å². The van der Waals surface area contributed by atoms with Crippen molar-refractivity contribution in [2.24, 2.45) is 0 Å². The van der Waals surface area contributed by atoms with Gasteiger partial charge in [-0.3, -0.25) is 0 Å². The average Bonchev–Trinajstić information content (AvgIpc) is 3.11. The Balaban J connectivity index is 1.54. The zero-order valence-electron chi connectivity index (χ0n) is 15.8. The molecule has 3 aromatic rings. The molecule has 1 atom stereocenters. The Morgan fingerprint density at radius 2 is 2.04 bits per heavy atom. The van der Waals surface area contributed by atoms with Crippen molar-refractivity contribution >= 4 is 40.5 Å². The fourth-order valence-electron chi connectivity index (χ4n) is 3.41. The van der Waals surface area contributed by atoms with Gasteiger partial charge >= 0.3 is 0 Å². The highest BCUT2D eigenvalue weighted by Gasteiger charge is 2.27. The van der Waals surface area contributed by atoms with E-state index in [1.807, 2.05) is 43.3 Å². The van der Waals surface area contributed by atoms with Crippen LogP contribution in [0.25, 0.3) is 11.1 Å². The summed E-state index contributed by atoms with van der Waals surface area (Å²) in [4.78, 5) is 19.9. The number of likely N-dealkylation sites (N-methyl/N-ethyl adjacent to an activating group) is 1. The summed E-state index contributed by atoms with van der Waals surface area (Å²) >= 11 is 6.06. The van der Waals surface area contributed by atoms with Gasteiger partial charge in [0.1, 0.15) is 11.3 Å².